The molecule has 7 aromatic carbocycles. The highest BCUT2D eigenvalue weighted by Crippen LogP contribution is 2.60. The van der Waals surface area contributed by atoms with Crippen LogP contribution in [0.3, 0.4) is 0 Å². The molecule has 3 unspecified atom stereocenters. The van der Waals surface area contributed by atoms with E-state index in [-0.39, 0.29) is 0 Å². The quantitative estimate of drug-likeness (QED) is 0.144. The Labute approximate surface area is 267 Å². The summed E-state index contributed by atoms with van der Waals surface area (Å²) in [4.78, 5) is 0. The summed E-state index contributed by atoms with van der Waals surface area (Å²) in [6, 6.07) is 50.1. The molecule has 1 heterocycles. The average Bonchev–Trinajstić information content (AvgIpc) is 3.74. The number of fused-ring (bicyclic) bond motifs is 11. The Morgan fingerprint density at radius 3 is 2.13 bits per heavy atom. The third-order valence-electron chi connectivity index (χ3n) is 11.3. The van der Waals surface area contributed by atoms with Crippen molar-refractivity contribution >= 4 is 59.7 Å². The van der Waals surface area contributed by atoms with Crippen LogP contribution in [0.15, 0.2) is 151 Å². The summed E-state index contributed by atoms with van der Waals surface area (Å²) < 4.78 is 2.44. The molecule has 3 atom stereocenters. The average molecular weight is 586 g/mol. The number of benzene rings is 7. The van der Waals surface area contributed by atoms with E-state index in [4.69, 9.17) is 0 Å². The topological polar surface area (TPSA) is 4.93 Å². The van der Waals surface area contributed by atoms with Crippen molar-refractivity contribution < 1.29 is 0 Å². The Morgan fingerprint density at radius 1 is 0.565 bits per heavy atom. The minimum absolute atomic E-state index is 0.430. The second kappa shape index (κ2) is 9.08. The maximum absolute atomic E-state index is 2.47. The Balaban J connectivity index is 1.16. The van der Waals surface area contributed by atoms with Gasteiger partial charge in [-0.3, -0.25) is 0 Å². The largest absolute Gasteiger partial charge is 0.309 e. The van der Waals surface area contributed by atoms with Crippen LogP contribution in [0.1, 0.15) is 29.0 Å². The Hall–Kier alpha value is -5.40. The highest BCUT2D eigenvalue weighted by molar-refractivity contribution is 6.15. The number of aromatic nitrogens is 1. The number of hydrogen-bond donors (Lipinski definition) is 0. The second-order valence-electron chi connectivity index (χ2n) is 13.6. The zero-order valence-electron chi connectivity index (χ0n) is 25.4. The van der Waals surface area contributed by atoms with Crippen molar-refractivity contribution in [2.24, 2.45) is 11.8 Å². The molecule has 0 amide bonds. The first-order chi connectivity index (χ1) is 22.8. The number of nitrogens with zero attached hydrogens (tertiary/aromatic N) is 1. The lowest BCUT2D eigenvalue weighted by Crippen LogP contribution is -2.07. The van der Waals surface area contributed by atoms with Gasteiger partial charge in [0.1, 0.15) is 0 Å². The summed E-state index contributed by atoms with van der Waals surface area (Å²) in [7, 11) is 0. The molecule has 1 heteroatoms. The zero-order valence-corrected chi connectivity index (χ0v) is 25.4. The van der Waals surface area contributed by atoms with Gasteiger partial charge in [0.2, 0.25) is 0 Å². The van der Waals surface area contributed by atoms with Crippen LogP contribution in [0, 0.1) is 11.8 Å². The van der Waals surface area contributed by atoms with E-state index in [2.05, 4.69) is 150 Å². The van der Waals surface area contributed by atoms with Crippen molar-refractivity contribution in [2.45, 2.75) is 18.8 Å². The van der Waals surface area contributed by atoms with Crippen LogP contribution in [0.25, 0.3) is 65.4 Å². The van der Waals surface area contributed by atoms with Crippen LogP contribution >= 0.6 is 0 Å². The number of para-hydroxylation sites is 2. The molecule has 0 N–H and O–H groups in total. The summed E-state index contributed by atoms with van der Waals surface area (Å²) in [5.41, 5.74) is 11.4. The van der Waals surface area contributed by atoms with E-state index in [9.17, 15) is 0 Å². The lowest BCUT2D eigenvalue weighted by molar-refractivity contribution is 0.732. The monoisotopic (exact) mass is 585 g/mol. The van der Waals surface area contributed by atoms with E-state index in [1.807, 2.05) is 0 Å². The van der Waals surface area contributed by atoms with Gasteiger partial charge in [-0.05, 0) is 110 Å². The highest BCUT2D eigenvalue weighted by Gasteiger charge is 2.47. The van der Waals surface area contributed by atoms with Crippen molar-refractivity contribution in [2.75, 3.05) is 0 Å². The van der Waals surface area contributed by atoms with Crippen LogP contribution in [-0.4, -0.2) is 4.57 Å². The summed E-state index contributed by atoms with van der Waals surface area (Å²) >= 11 is 0. The fraction of sp³-hybridized carbons (Fsp3) is 0.111. The Bertz CT molecular complexity index is 2610. The van der Waals surface area contributed by atoms with Gasteiger partial charge >= 0.3 is 0 Å². The van der Waals surface area contributed by atoms with E-state index in [0.29, 0.717) is 11.8 Å². The van der Waals surface area contributed by atoms with E-state index >= 15 is 0 Å². The van der Waals surface area contributed by atoms with E-state index in [1.165, 1.54) is 88.5 Å². The third kappa shape index (κ3) is 3.35. The molecule has 11 rings (SSSR count). The van der Waals surface area contributed by atoms with Crippen molar-refractivity contribution in [1.82, 2.24) is 4.57 Å². The molecule has 46 heavy (non-hydrogen) atoms. The molecule has 3 aliphatic carbocycles. The standard InChI is InChI=1S/C45H31N/c1-2-10-31-28(9-1)24-40-34(41(31)26-42-33-12-4-3-11-32(33)37-22-19-29-23-39(29)45(37)42)21-18-27-17-20-30(25-38(27)40)46-43-15-7-5-13-35(43)36-14-6-8-16-44(36)46/h1-22,24-25,29,39,42H,23,26H2. The predicted molar refractivity (Wildman–Crippen MR) is 194 cm³/mol. The van der Waals surface area contributed by atoms with Crippen molar-refractivity contribution in [1.29, 1.82) is 0 Å². The van der Waals surface area contributed by atoms with Gasteiger partial charge in [-0.15, -0.1) is 0 Å². The molecule has 0 bridgehead atoms. The molecule has 216 valence electrons. The zero-order chi connectivity index (χ0) is 29.9. The number of hydrogen-bond acceptors (Lipinski definition) is 0. The van der Waals surface area contributed by atoms with Gasteiger partial charge in [0.05, 0.1) is 11.0 Å². The first-order valence-electron chi connectivity index (χ1n) is 16.7. The van der Waals surface area contributed by atoms with Crippen molar-refractivity contribution in [3.8, 4) is 5.69 Å². The predicted octanol–water partition coefficient (Wildman–Crippen LogP) is 11.5. The normalized spacial score (nSPS) is 19.8. The first kappa shape index (κ1) is 24.9. The summed E-state index contributed by atoms with van der Waals surface area (Å²) in [6.45, 7) is 0. The summed E-state index contributed by atoms with van der Waals surface area (Å²) in [5.74, 6) is 1.89. The van der Waals surface area contributed by atoms with Gasteiger partial charge < -0.3 is 4.57 Å². The van der Waals surface area contributed by atoms with Crippen LogP contribution in [0.4, 0.5) is 0 Å². The molecule has 0 spiro atoms. The van der Waals surface area contributed by atoms with E-state index < -0.39 is 0 Å². The number of allylic oxidation sites excluding steroid dienone is 4. The maximum Gasteiger partial charge on any atom is 0.0541 e. The van der Waals surface area contributed by atoms with Gasteiger partial charge in [-0.1, -0.05) is 121 Å². The van der Waals surface area contributed by atoms with Gasteiger partial charge in [0.15, 0.2) is 0 Å². The molecule has 1 fully saturated rings. The van der Waals surface area contributed by atoms with Crippen molar-refractivity contribution in [3.05, 3.63) is 168 Å². The van der Waals surface area contributed by atoms with Gasteiger partial charge in [-0.25, -0.2) is 0 Å². The molecule has 0 saturated heterocycles. The number of rotatable bonds is 3. The molecular formula is C45H31N. The van der Waals surface area contributed by atoms with E-state index in [0.717, 1.165) is 12.3 Å². The Kier molecular flexibility index (Phi) is 4.91. The molecular weight excluding hydrogens is 555 g/mol. The van der Waals surface area contributed by atoms with Gasteiger partial charge in [-0.2, -0.15) is 0 Å². The smallest absolute Gasteiger partial charge is 0.0541 e. The lowest BCUT2D eigenvalue weighted by atomic mass is 9.82. The molecule has 1 aromatic heterocycles. The molecule has 1 nitrogen and oxygen atoms in total. The fourth-order valence-corrected chi connectivity index (χ4v) is 9.14. The van der Waals surface area contributed by atoms with Crippen molar-refractivity contribution in [3.63, 3.8) is 0 Å². The fourth-order valence-electron chi connectivity index (χ4n) is 9.14. The highest BCUT2D eigenvalue weighted by atomic mass is 15.0. The van der Waals surface area contributed by atoms with Gasteiger partial charge in [0, 0.05) is 22.4 Å². The van der Waals surface area contributed by atoms with Crippen LogP contribution < -0.4 is 0 Å². The van der Waals surface area contributed by atoms with Crippen LogP contribution in [0.2, 0.25) is 0 Å². The third-order valence-corrected chi connectivity index (χ3v) is 11.3. The van der Waals surface area contributed by atoms with Gasteiger partial charge in [0.25, 0.3) is 0 Å². The molecule has 3 aliphatic rings. The van der Waals surface area contributed by atoms with Crippen LogP contribution in [0.5, 0.6) is 0 Å². The Morgan fingerprint density at radius 2 is 1.28 bits per heavy atom. The molecule has 0 aliphatic heterocycles. The minimum Gasteiger partial charge on any atom is -0.309 e. The molecule has 0 radical (unpaired) electrons. The molecule has 1 saturated carbocycles. The van der Waals surface area contributed by atoms with Crippen LogP contribution in [-0.2, 0) is 6.42 Å². The summed E-state index contributed by atoms with van der Waals surface area (Å²) in [6.07, 6.45) is 7.25. The maximum atomic E-state index is 2.47. The molecule has 8 aromatic rings. The van der Waals surface area contributed by atoms with E-state index in [1.54, 1.807) is 5.57 Å². The SMILES string of the molecule is C1=CC2CC2C2=C1c1ccccc1C2Cc1c2ccccc2cc2c1ccc1ccc(-n3c4ccccc4c4ccccc43)cc12. The first-order valence-corrected chi connectivity index (χ1v) is 16.7. The minimum atomic E-state index is 0.430. The second-order valence-corrected chi connectivity index (χ2v) is 13.6. The lowest BCUT2D eigenvalue weighted by Gasteiger charge is -2.22. The summed E-state index contributed by atoms with van der Waals surface area (Å²) in [5, 5.41) is 10.6.